The van der Waals surface area contributed by atoms with Gasteiger partial charge in [0.15, 0.2) is 0 Å². The molecule has 1 atom stereocenters. The molecule has 1 aliphatic heterocycles. The molecule has 0 aromatic carbocycles. The fraction of sp³-hybridized carbons (Fsp3) is 0.923. The lowest BCUT2D eigenvalue weighted by atomic mass is 9.73. The maximum atomic E-state index is 14.2. The Balaban J connectivity index is 2.33. The van der Waals surface area contributed by atoms with E-state index in [4.69, 9.17) is 0 Å². The summed E-state index contributed by atoms with van der Waals surface area (Å²) in [6.07, 6.45) is 1.48. The summed E-state index contributed by atoms with van der Waals surface area (Å²) in [6.45, 7) is 6.77. The molecule has 1 saturated carbocycles. The Bertz CT molecular complexity index is 327. The number of hydrogen-bond acceptors (Lipinski definition) is 2. The zero-order chi connectivity index (χ0) is 12.9. The zero-order valence-corrected chi connectivity index (χ0v) is 10.8. The van der Waals surface area contributed by atoms with Gasteiger partial charge in [-0.05, 0) is 37.8 Å². The smallest absolute Gasteiger partial charge is 0.309 e. The largest absolute Gasteiger partial charge is 0.317 e. The second-order valence-corrected chi connectivity index (χ2v) is 6.61. The van der Waals surface area contributed by atoms with Crippen LogP contribution in [0.4, 0.5) is 8.78 Å². The van der Waals surface area contributed by atoms with E-state index in [2.05, 4.69) is 5.32 Å². The number of piperidine rings is 1. The molecule has 0 amide bonds. The zero-order valence-electron chi connectivity index (χ0n) is 10.8. The molecule has 0 aromatic rings. The summed E-state index contributed by atoms with van der Waals surface area (Å²) in [4.78, 5) is 12.1. The first-order valence-electron chi connectivity index (χ1n) is 6.34. The van der Waals surface area contributed by atoms with E-state index in [-0.39, 0.29) is 0 Å². The Morgan fingerprint density at radius 1 is 1.24 bits per heavy atom. The van der Waals surface area contributed by atoms with Crippen LogP contribution < -0.4 is 5.32 Å². The van der Waals surface area contributed by atoms with Gasteiger partial charge < -0.3 is 5.32 Å². The van der Waals surface area contributed by atoms with Gasteiger partial charge in [0.2, 0.25) is 5.78 Å². The van der Waals surface area contributed by atoms with Crippen LogP contribution in [0.3, 0.4) is 0 Å². The van der Waals surface area contributed by atoms with E-state index in [0.29, 0.717) is 32.4 Å². The second-order valence-electron chi connectivity index (χ2n) is 6.61. The Labute approximate surface area is 101 Å². The van der Waals surface area contributed by atoms with Crippen LogP contribution in [-0.4, -0.2) is 24.8 Å². The Morgan fingerprint density at radius 3 is 2.18 bits per heavy atom. The van der Waals surface area contributed by atoms with Crippen molar-refractivity contribution in [2.75, 3.05) is 13.1 Å². The molecule has 98 valence electrons. The summed E-state index contributed by atoms with van der Waals surface area (Å²) >= 11 is 0. The van der Waals surface area contributed by atoms with Crippen molar-refractivity contribution in [2.45, 2.75) is 46.0 Å². The number of carbonyl (C=O) groups excluding carboxylic acids is 1. The third-order valence-electron chi connectivity index (χ3n) is 4.42. The number of ketones is 1. The number of rotatable bonds is 0. The van der Waals surface area contributed by atoms with E-state index in [9.17, 15) is 13.6 Å². The van der Waals surface area contributed by atoms with Gasteiger partial charge in [0.25, 0.3) is 0 Å². The van der Waals surface area contributed by atoms with Crippen LogP contribution in [0.5, 0.6) is 0 Å². The van der Waals surface area contributed by atoms with E-state index in [1.165, 1.54) is 0 Å². The van der Waals surface area contributed by atoms with Gasteiger partial charge in [-0.15, -0.1) is 0 Å². The van der Waals surface area contributed by atoms with Crippen molar-refractivity contribution in [2.24, 2.45) is 16.7 Å². The predicted molar refractivity (Wildman–Crippen MR) is 62.1 cm³/mol. The molecule has 1 heterocycles. The van der Waals surface area contributed by atoms with Gasteiger partial charge in [-0.3, -0.25) is 4.79 Å². The minimum absolute atomic E-state index is 0.351. The molecule has 2 aliphatic rings. The molecule has 2 fully saturated rings. The molecule has 2 rings (SSSR count). The fourth-order valence-corrected chi connectivity index (χ4v) is 3.31. The first-order chi connectivity index (χ1) is 7.70. The number of Topliss-reactive ketones (excluding diaryl/α,β-unsaturated/α-hetero) is 1. The lowest BCUT2D eigenvalue weighted by Crippen LogP contribution is -2.43. The van der Waals surface area contributed by atoms with Crippen molar-refractivity contribution in [3.63, 3.8) is 0 Å². The van der Waals surface area contributed by atoms with Crippen molar-refractivity contribution in [1.29, 1.82) is 0 Å². The average Bonchev–Trinajstić information content (AvgIpc) is 2.41. The van der Waals surface area contributed by atoms with Crippen LogP contribution in [0.25, 0.3) is 0 Å². The standard InChI is InChI=1S/C13H21F2NO/c1-11(2,3)9-8-12(4-6-16-7-5-12)10(17)13(9,14)15/h9,16H,4-8H2,1-3H3. The summed E-state index contributed by atoms with van der Waals surface area (Å²) in [5.74, 6) is -4.76. The van der Waals surface area contributed by atoms with Gasteiger partial charge in [0.05, 0.1) is 0 Å². The van der Waals surface area contributed by atoms with E-state index in [1.807, 2.05) is 0 Å². The van der Waals surface area contributed by atoms with Crippen LogP contribution in [-0.2, 0) is 4.79 Å². The number of alkyl halides is 2. The Hall–Kier alpha value is -0.510. The van der Waals surface area contributed by atoms with Gasteiger partial charge in [0.1, 0.15) is 0 Å². The maximum absolute atomic E-state index is 14.2. The summed E-state index contributed by atoms with van der Waals surface area (Å²) in [5.41, 5.74) is -1.28. The lowest BCUT2D eigenvalue weighted by molar-refractivity contribution is -0.153. The molecular weight excluding hydrogens is 224 g/mol. The minimum atomic E-state index is -3.14. The van der Waals surface area contributed by atoms with Crippen molar-refractivity contribution in [1.82, 2.24) is 5.32 Å². The van der Waals surface area contributed by atoms with Gasteiger partial charge in [-0.1, -0.05) is 20.8 Å². The molecule has 1 saturated heterocycles. The van der Waals surface area contributed by atoms with Gasteiger partial charge in [-0.2, -0.15) is 8.78 Å². The lowest BCUT2D eigenvalue weighted by Gasteiger charge is -2.33. The normalized spacial score (nSPS) is 32.1. The molecular formula is C13H21F2NO. The van der Waals surface area contributed by atoms with Crippen molar-refractivity contribution in [3.05, 3.63) is 0 Å². The van der Waals surface area contributed by atoms with E-state index in [1.54, 1.807) is 20.8 Å². The summed E-state index contributed by atoms with van der Waals surface area (Å²) in [5, 5.41) is 3.14. The van der Waals surface area contributed by atoms with Crippen LogP contribution in [0.15, 0.2) is 0 Å². The number of halogens is 2. The summed E-state index contributed by atoms with van der Waals surface area (Å²) < 4.78 is 28.3. The van der Waals surface area contributed by atoms with E-state index in [0.717, 1.165) is 0 Å². The molecule has 0 bridgehead atoms. The first kappa shape index (κ1) is 12.9. The van der Waals surface area contributed by atoms with E-state index < -0.39 is 28.5 Å². The van der Waals surface area contributed by atoms with Gasteiger partial charge in [0, 0.05) is 11.3 Å². The van der Waals surface area contributed by atoms with Crippen LogP contribution >= 0.6 is 0 Å². The Kier molecular flexibility index (Phi) is 2.85. The van der Waals surface area contributed by atoms with Gasteiger partial charge >= 0.3 is 5.92 Å². The number of hydrogen-bond donors (Lipinski definition) is 1. The molecule has 0 aromatic heterocycles. The van der Waals surface area contributed by atoms with Crippen molar-refractivity contribution < 1.29 is 13.6 Å². The molecule has 1 unspecified atom stereocenters. The average molecular weight is 245 g/mol. The first-order valence-corrected chi connectivity index (χ1v) is 6.34. The fourth-order valence-electron chi connectivity index (χ4n) is 3.31. The Morgan fingerprint density at radius 2 is 1.76 bits per heavy atom. The molecule has 1 aliphatic carbocycles. The summed E-state index contributed by atoms with van der Waals surface area (Å²) in [6, 6.07) is 0. The molecule has 1 spiro atoms. The van der Waals surface area contributed by atoms with Crippen molar-refractivity contribution in [3.8, 4) is 0 Å². The topological polar surface area (TPSA) is 29.1 Å². The predicted octanol–water partition coefficient (Wildman–Crippen LogP) is 2.63. The highest BCUT2D eigenvalue weighted by Crippen LogP contribution is 2.57. The molecule has 2 nitrogen and oxygen atoms in total. The highest BCUT2D eigenvalue weighted by molar-refractivity contribution is 5.94. The minimum Gasteiger partial charge on any atom is -0.317 e. The monoisotopic (exact) mass is 245 g/mol. The summed E-state index contributed by atoms with van der Waals surface area (Å²) in [7, 11) is 0. The third-order valence-corrected chi connectivity index (χ3v) is 4.42. The molecule has 0 radical (unpaired) electrons. The maximum Gasteiger partial charge on any atom is 0.309 e. The number of nitrogens with one attached hydrogen (secondary N) is 1. The van der Waals surface area contributed by atoms with Crippen LogP contribution in [0.2, 0.25) is 0 Å². The van der Waals surface area contributed by atoms with E-state index >= 15 is 0 Å². The molecule has 1 N–H and O–H groups in total. The van der Waals surface area contributed by atoms with Crippen LogP contribution in [0.1, 0.15) is 40.0 Å². The highest BCUT2D eigenvalue weighted by Gasteiger charge is 2.66. The van der Waals surface area contributed by atoms with Crippen molar-refractivity contribution >= 4 is 5.78 Å². The number of carbonyl (C=O) groups is 1. The van der Waals surface area contributed by atoms with Gasteiger partial charge in [-0.25, -0.2) is 0 Å². The van der Waals surface area contributed by atoms with Crippen LogP contribution in [0, 0.1) is 16.7 Å². The third kappa shape index (κ3) is 1.90. The quantitative estimate of drug-likeness (QED) is 0.711. The molecule has 4 heteroatoms. The SMILES string of the molecule is CC(C)(C)C1CC2(CCNCC2)C(=O)C1(F)F. The highest BCUT2D eigenvalue weighted by atomic mass is 19.3. The second kappa shape index (κ2) is 3.74. The molecule has 17 heavy (non-hydrogen) atoms.